The molecule has 1 aliphatic rings. The molecule has 2 rings (SSSR count). The predicted octanol–water partition coefficient (Wildman–Crippen LogP) is 1.58. The lowest BCUT2D eigenvalue weighted by molar-refractivity contribution is -0.127. The third kappa shape index (κ3) is 2.53. The van der Waals surface area contributed by atoms with Gasteiger partial charge in [0.1, 0.15) is 17.7 Å². The van der Waals surface area contributed by atoms with E-state index in [4.69, 9.17) is 11.6 Å². The van der Waals surface area contributed by atoms with Gasteiger partial charge < -0.3 is 10.2 Å². The Morgan fingerprint density at radius 2 is 2.11 bits per heavy atom. The maximum Gasteiger partial charge on any atom is 0.257 e. The molecule has 1 atom stereocenters. The lowest BCUT2D eigenvalue weighted by atomic mass is 10.1. The Hall–Kier alpha value is -1.69. The number of benzene rings is 1. The summed E-state index contributed by atoms with van der Waals surface area (Å²) in [5.74, 6) is -2.83. The van der Waals surface area contributed by atoms with Crippen molar-refractivity contribution in [3.05, 3.63) is 34.4 Å². The monoisotopic (exact) mass is 288 g/mol. The number of amides is 2. The molecule has 0 aliphatic carbocycles. The van der Waals surface area contributed by atoms with Crippen LogP contribution in [0.3, 0.4) is 0 Å². The van der Waals surface area contributed by atoms with Crippen LogP contribution in [0.25, 0.3) is 0 Å². The molecule has 1 heterocycles. The number of hydrogen-bond acceptors (Lipinski definition) is 2. The van der Waals surface area contributed by atoms with E-state index in [1.54, 1.807) is 0 Å². The highest BCUT2D eigenvalue weighted by Crippen LogP contribution is 2.21. The predicted molar refractivity (Wildman–Crippen MR) is 64.9 cm³/mol. The second-order valence-electron chi connectivity index (χ2n) is 4.21. The molecule has 1 N–H and O–H groups in total. The molecule has 1 unspecified atom stereocenters. The summed E-state index contributed by atoms with van der Waals surface area (Å²) in [5.41, 5.74) is -0.427. The van der Waals surface area contributed by atoms with Crippen LogP contribution in [0.4, 0.5) is 8.78 Å². The molecular weight excluding hydrogens is 278 g/mol. The molecular formula is C12H11ClF2N2O2. The average molecular weight is 289 g/mol. The molecule has 1 aromatic carbocycles. The molecule has 1 saturated heterocycles. The normalized spacial score (nSPS) is 19.3. The molecule has 2 amide bonds. The van der Waals surface area contributed by atoms with Gasteiger partial charge in [0.25, 0.3) is 5.91 Å². The Morgan fingerprint density at radius 1 is 1.42 bits per heavy atom. The molecule has 1 aromatic rings. The van der Waals surface area contributed by atoms with Crippen molar-refractivity contribution in [2.45, 2.75) is 13.0 Å². The van der Waals surface area contributed by atoms with Crippen LogP contribution in [-0.2, 0) is 4.79 Å². The zero-order chi connectivity index (χ0) is 14.2. The Balaban J connectivity index is 2.34. The topological polar surface area (TPSA) is 49.4 Å². The Labute approximate surface area is 113 Å². The first kappa shape index (κ1) is 13.7. The van der Waals surface area contributed by atoms with Gasteiger partial charge in [0.15, 0.2) is 0 Å². The second kappa shape index (κ2) is 5.13. The van der Waals surface area contributed by atoms with Gasteiger partial charge >= 0.3 is 0 Å². The summed E-state index contributed by atoms with van der Waals surface area (Å²) in [5, 5.41) is 2.19. The largest absolute Gasteiger partial charge is 0.353 e. The fourth-order valence-corrected chi connectivity index (χ4v) is 2.05. The van der Waals surface area contributed by atoms with Gasteiger partial charge in [0.05, 0.1) is 10.6 Å². The van der Waals surface area contributed by atoms with Gasteiger partial charge in [-0.25, -0.2) is 8.78 Å². The molecule has 0 bridgehead atoms. The number of nitrogens with zero attached hydrogens (tertiary/aromatic N) is 1. The standard InChI is InChI=1S/C12H11ClF2N2O2/c1-6-11(18)16-2-3-17(6)12(19)7-4-10(15)8(13)5-9(7)14/h4-6H,2-3H2,1H3,(H,16,18). The Morgan fingerprint density at radius 3 is 2.79 bits per heavy atom. The summed E-state index contributed by atoms with van der Waals surface area (Å²) in [6.07, 6.45) is 0. The molecule has 0 aromatic heterocycles. The maximum atomic E-state index is 13.7. The van der Waals surface area contributed by atoms with E-state index in [2.05, 4.69) is 5.32 Å². The van der Waals surface area contributed by atoms with Gasteiger partial charge in [-0.15, -0.1) is 0 Å². The minimum absolute atomic E-state index is 0.245. The fourth-order valence-electron chi connectivity index (χ4n) is 1.90. The minimum Gasteiger partial charge on any atom is -0.353 e. The molecule has 102 valence electrons. The van der Waals surface area contributed by atoms with E-state index in [1.807, 2.05) is 0 Å². The fraction of sp³-hybridized carbons (Fsp3) is 0.333. The van der Waals surface area contributed by atoms with Gasteiger partial charge in [-0.05, 0) is 19.1 Å². The van der Waals surface area contributed by atoms with Crippen molar-refractivity contribution >= 4 is 23.4 Å². The van der Waals surface area contributed by atoms with E-state index in [0.717, 1.165) is 12.1 Å². The van der Waals surface area contributed by atoms with Gasteiger partial charge in [-0.2, -0.15) is 0 Å². The van der Waals surface area contributed by atoms with Crippen molar-refractivity contribution in [2.75, 3.05) is 13.1 Å². The molecule has 4 nitrogen and oxygen atoms in total. The Kier molecular flexibility index (Phi) is 3.71. The molecule has 1 aliphatic heterocycles. The van der Waals surface area contributed by atoms with Gasteiger partial charge in [-0.1, -0.05) is 11.6 Å². The van der Waals surface area contributed by atoms with E-state index >= 15 is 0 Å². The van der Waals surface area contributed by atoms with Crippen molar-refractivity contribution in [3.8, 4) is 0 Å². The van der Waals surface area contributed by atoms with E-state index in [1.165, 1.54) is 11.8 Å². The van der Waals surface area contributed by atoms with Crippen LogP contribution < -0.4 is 5.32 Å². The minimum atomic E-state index is -0.908. The molecule has 19 heavy (non-hydrogen) atoms. The average Bonchev–Trinajstić information content (AvgIpc) is 2.36. The number of piperazine rings is 1. The summed E-state index contributed by atoms with van der Waals surface area (Å²) in [6.45, 7) is 2.05. The zero-order valence-electron chi connectivity index (χ0n) is 10.0. The zero-order valence-corrected chi connectivity index (χ0v) is 10.8. The lowest BCUT2D eigenvalue weighted by Crippen LogP contribution is -2.55. The van der Waals surface area contributed by atoms with Crippen molar-refractivity contribution in [3.63, 3.8) is 0 Å². The van der Waals surface area contributed by atoms with Crippen molar-refractivity contribution in [1.82, 2.24) is 10.2 Å². The lowest BCUT2D eigenvalue weighted by Gasteiger charge is -2.32. The summed E-state index contributed by atoms with van der Waals surface area (Å²) < 4.78 is 27.0. The first-order valence-electron chi connectivity index (χ1n) is 5.65. The molecule has 1 fully saturated rings. The van der Waals surface area contributed by atoms with E-state index in [-0.39, 0.29) is 19.0 Å². The van der Waals surface area contributed by atoms with Crippen LogP contribution in [0.2, 0.25) is 5.02 Å². The first-order valence-corrected chi connectivity index (χ1v) is 6.03. The van der Waals surface area contributed by atoms with Crippen LogP contribution in [0.1, 0.15) is 17.3 Å². The van der Waals surface area contributed by atoms with E-state index in [9.17, 15) is 18.4 Å². The van der Waals surface area contributed by atoms with Gasteiger partial charge in [0.2, 0.25) is 5.91 Å². The van der Waals surface area contributed by atoms with Crippen molar-refractivity contribution in [2.24, 2.45) is 0 Å². The summed E-state index contributed by atoms with van der Waals surface area (Å²) >= 11 is 5.42. The SMILES string of the molecule is CC1C(=O)NCCN1C(=O)c1cc(F)c(Cl)cc1F. The Bertz CT molecular complexity index is 551. The van der Waals surface area contributed by atoms with Crippen LogP contribution in [0, 0.1) is 11.6 Å². The van der Waals surface area contributed by atoms with Crippen LogP contribution in [0.15, 0.2) is 12.1 Å². The smallest absolute Gasteiger partial charge is 0.257 e. The highest BCUT2D eigenvalue weighted by Gasteiger charge is 2.31. The second-order valence-corrected chi connectivity index (χ2v) is 4.62. The third-order valence-corrected chi connectivity index (χ3v) is 3.29. The first-order chi connectivity index (χ1) is 8.91. The maximum absolute atomic E-state index is 13.7. The van der Waals surface area contributed by atoms with Crippen LogP contribution >= 0.6 is 11.6 Å². The summed E-state index contributed by atoms with van der Waals surface area (Å²) in [7, 11) is 0. The van der Waals surface area contributed by atoms with Gasteiger partial charge in [0, 0.05) is 13.1 Å². The molecule has 0 radical (unpaired) electrons. The van der Waals surface area contributed by atoms with Crippen molar-refractivity contribution < 1.29 is 18.4 Å². The molecule has 0 spiro atoms. The quantitative estimate of drug-likeness (QED) is 0.798. The van der Waals surface area contributed by atoms with Crippen molar-refractivity contribution in [1.29, 1.82) is 0 Å². The van der Waals surface area contributed by atoms with E-state index < -0.39 is 34.2 Å². The number of rotatable bonds is 1. The van der Waals surface area contributed by atoms with Crippen LogP contribution in [0.5, 0.6) is 0 Å². The number of nitrogens with one attached hydrogen (secondary N) is 1. The third-order valence-electron chi connectivity index (χ3n) is 3.00. The van der Waals surface area contributed by atoms with E-state index in [0.29, 0.717) is 0 Å². The van der Waals surface area contributed by atoms with Crippen LogP contribution in [-0.4, -0.2) is 35.8 Å². The van der Waals surface area contributed by atoms with Gasteiger partial charge in [-0.3, -0.25) is 9.59 Å². The number of carbonyl (C=O) groups excluding carboxylic acids is 2. The summed E-state index contributed by atoms with van der Waals surface area (Å²) in [6, 6.07) is 0.775. The number of halogens is 3. The molecule has 0 saturated carbocycles. The number of hydrogen-bond donors (Lipinski definition) is 1. The highest BCUT2D eigenvalue weighted by atomic mass is 35.5. The highest BCUT2D eigenvalue weighted by molar-refractivity contribution is 6.30. The molecule has 7 heteroatoms. The summed E-state index contributed by atoms with van der Waals surface area (Å²) in [4.78, 5) is 24.8. The number of carbonyl (C=O) groups is 2.